The van der Waals surface area contributed by atoms with E-state index in [9.17, 15) is 20.1 Å². The average Bonchev–Trinajstić information content (AvgIpc) is 2.72. The number of nitrogens with one attached hydrogen (secondary N) is 1. The van der Waals surface area contributed by atoms with Crippen molar-refractivity contribution in [3.8, 4) is 12.1 Å². The van der Waals surface area contributed by atoms with Crippen molar-refractivity contribution in [1.82, 2.24) is 5.32 Å². The number of carbonyl (C=O) groups excluding carboxylic acids is 2. The van der Waals surface area contributed by atoms with Gasteiger partial charge in [0.1, 0.15) is 5.92 Å². The molecule has 1 aliphatic heterocycles. The van der Waals surface area contributed by atoms with E-state index in [0.717, 1.165) is 11.1 Å². The van der Waals surface area contributed by atoms with Crippen LogP contribution in [0.3, 0.4) is 0 Å². The molecular weight excluding hydrogens is 366 g/mol. The third kappa shape index (κ3) is 3.34. The topological polar surface area (TPSA) is 103 Å². The van der Waals surface area contributed by atoms with Crippen molar-refractivity contribution in [2.45, 2.75) is 25.8 Å². The zero-order chi connectivity index (χ0) is 21.2. The average molecular weight is 387 g/mol. The second-order valence-corrected chi connectivity index (χ2v) is 7.34. The van der Waals surface area contributed by atoms with E-state index in [1.807, 2.05) is 38.1 Å². The number of carbonyl (C=O) groups is 2. The molecule has 1 heterocycles. The highest BCUT2D eigenvalue weighted by molar-refractivity contribution is 6.00. The van der Waals surface area contributed by atoms with Gasteiger partial charge in [0.15, 0.2) is 5.41 Å². The van der Waals surface area contributed by atoms with Crippen LogP contribution in [0.25, 0.3) is 0 Å². The molecule has 2 aromatic carbocycles. The van der Waals surface area contributed by atoms with Crippen LogP contribution in [0.4, 0.5) is 0 Å². The van der Waals surface area contributed by atoms with Crippen LogP contribution in [0, 0.1) is 47.8 Å². The van der Waals surface area contributed by atoms with Gasteiger partial charge in [-0.2, -0.15) is 10.5 Å². The predicted molar refractivity (Wildman–Crippen MR) is 105 cm³/mol. The zero-order valence-electron chi connectivity index (χ0n) is 16.5. The Morgan fingerprint density at radius 3 is 2.10 bits per heavy atom. The first kappa shape index (κ1) is 20.1. The lowest BCUT2D eigenvalue weighted by atomic mass is 9.60. The number of methoxy groups -OCH3 is 1. The Kier molecular flexibility index (Phi) is 5.39. The quantitative estimate of drug-likeness (QED) is 0.644. The molecule has 6 nitrogen and oxygen atoms in total. The maximum atomic E-state index is 13.0. The molecule has 0 radical (unpaired) electrons. The summed E-state index contributed by atoms with van der Waals surface area (Å²) in [6, 6.07) is 17.9. The summed E-state index contributed by atoms with van der Waals surface area (Å²) < 4.78 is 4.87. The number of esters is 1. The predicted octanol–water partition coefficient (Wildman–Crippen LogP) is 3.08. The fraction of sp³-hybridized carbons (Fsp3) is 0.304. The van der Waals surface area contributed by atoms with Crippen molar-refractivity contribution in [3.05, 3.63) is 70.8 Å². The molecule has 0 aliphatic carbocycles. The van der Waals surface area contributed by atoms with Gasteiger partial charge >= 0.3 is 5.97 Å². The summed E-state index contributed by atoms with van der Waals surface area (Å²) >= 11 is 0. The molecule has 6 heteroatoms. The molecule has 2 aromatic rings. The van der Waals surface area contributed by atoms with Crippen LogP contribution in [0.15, 0.2) is 48.5 Å². The van der Waals surface area contributed by atoms with Crippen LogP contribution < -0.4 is 5.32 Å². The summed E-state index contributed by atoms with van der Waals surface area (Å²) in [5, 5.41) is 23.2. The van der Waals surface area contributed by atoms with E-state index in [1.165, 1.54) is 7.11 Å². The largest absolute Gasteiger partial charge is 0.468 e. The third-order valence-electron chi connectivity index (χ3n) is 5.45. The number of piperidine rings is 1. The first-order valence-electron chi connectivity index (χ1n) is 9.21. The molecule has 3 rings (SSSR count). The normalized spacial score (nSPS) is 22.7. The van der Waals surface area contributed by atoms with Crippen LogP contribution in [0.5, 0.6) is 0 Å². The van der Waals surface area contributed by atoms with Gasteiger partial charge in [-0.1, -0.05) is 59.7 Å². The SMILES string of the molecule is COC(=O)C1C(=O)NC(c2cccc(C)c2)C(C#N)(C#N)C1c1cccc(C)c1. The lowest BCUT2D eigenvalue weighted by Crippen LogP contribution is -2.56. The van der Waals surface area contributed by atoms with Gasteiger partial charge < -0.3 is 10.1 Å². The summed E-state index contributed by atoms with van der Waals surface area (Å²) in [6.07, 6.45) is 0. The van der Waals surface area contributed by atoms with Gasteiger partial charge in [-0.25, -0.2) is 0 Å². The summed E-state index contributed by atoms with van der Waals surface area (Å²) in [6.45, 7) is 3.77. The van der Waals surface area contributed by atoms with Crippen LogP contribution in [-0.4, -0.2) is 19.0 Å². The first-order chi connectivity index (χ1) is 13.9. The lowest BCUT2D eigenvalue weighted by molar-refractivity contribution is -0.154. The van der Waals surface area contributed by atoms with Crippen LogP contribution in [0.2, 0.25) is 0 Å². The molecule has 1 amide bonds. The second kappa shape index (κ2) is 7.77. The van der Waals surface area contributed by atoms with Crippen LogP contribution in [-0.2, 0) is 14.3 Å². The number of hydrogen-bond donors (Lipinski definition) is 1. The Hall–Kier alpha value is -3.64. The molecular formula is C23H21N3O3. The summed E-state index contributed by atoms with van der Waals surface area (Å²) in [7, 11) is 1.19. The van der Waals surface area contributed by atoms with Gasteiger partial charge in [0.25, 0.3) is 0 Å². The Balaban J connectivity index is 2.29. The Morgan fingerprint density at radius 1 is 1.03 bits per heavy atom. The second-order valence-electron chi connectivity index (χ2n) is 7.34. The maximum absolute atomic E-state index is 13.0. The van der Waals surface area contributed by atoms with E-state index < -0.39 is 35.2 Å². The molecule has 0 saturated carbocycles. The van der Waals surface area contributed by atoms with Crippen LogP contribution >= 0.6 is 0 Å². The molecule has 1 aliphatic rings. The monoisotopic (exact) mass is 387 g/mol. The molecule has 1 N–H and O–H groups in total. The lowest BCUT2D eigenvalue weighted by Gasteiger charge is -2.44. The fourth-order valence-corrected chi connectivity index (χ4v) is 4.12. The van der Waals surface area contributed by atoms with E-state index >= 15 is 0 Å². The van der Waals surface area contributed by atoms with Crippen molar-refractivity contribution in [2.24, 2.45) is 11.3 Å². The molecule has 0 bridgehead atoms. The highest BCUT2D eigenvalue weighted by atomic mass is 16.5. The maximum Gasteiger partial charge on any atom is 0.318 e. The van der Waals surface area contributed by atoms with Crippen molar-refractivity contribution in [1.29, 1.82) is 10.5 Å². The van der Waals surface area contributed by atoms with Gasteiger partial charge in [0.2, 0.25) is 5.91 Å². The van der Waals surface area contributed by atoms with Gasteiger partial charge in [-0.15, -0.1) is 0 Å². The smallest absolute Gasteiger partial charge is 0.318 e. The number of nitriles is 2. The van der Waals surface area contributed by atoms with Gasteiger partial charge in [-0.05, 0) is 25.0 Å². The molecule has 146 valence electrons. The molecule has 1 saturated heterocycles. The highest BCUT2D eigenvalue weighted by Gasteiger charge is 2.60. The third-order valence-corrected chi connectivity index (χ3v) is 5.45. The summed E-state index contributed by atoms with van der Waals surface area (Å²) in [4.78, 5) is 25.6. The molecule has 3 atom stereocenters. The number of aryl methyl sites for hydroxylation is 2. The molecule has 0 spiro atoms. The van der Waals surface area contributed by atoms with Crippen LogP contribution in [0.1, 0.15) is 34.2 Å². The van der Waals surface area contributed by atoms with Crippen molar-refractivity contribution < 1.29 is 14.3 Å². The molecule has 0 aromatic heterocycles. The fourth-order valence-electron chi connectivity index (χ4n) is 4.12. The van der Waals surface area contributed by atoms with Gasteiger partial charge in [0.05, 0.1) is 25.3 Å². The number of rotatable bonds is 3. The summed E-state index contributed by atoms with van der Waals surface area (Å²) in [5.74, 6) is -3.62. The molecule has 1 fully saturated rings. The van der Waals surface area contributed by atoms with E-state index in [-0.39, 0.29) is 0 Å². The first-order valence-corrected chi connectivity index (χ1v) is 9.21. The standard InChI is InChI=1S/C23H21N3O3/c1-14-6-4-8-16(10-14)19-18(22(28)29-3)21(27)26-20(23(19,12-24)13-25)17-9-5-7-15(2)11-17/h4-11,18-20H,1-3H3,(H,26,27). The van der Waals surface area contributed by atoms with Crippen molar-refractivity contribution in [3.63, 3.8) is 0 Å². The Morgan fingerprint density at radius 2 is 1.59 bits per heavy atom. The molecule has 3 unspecified atom stereocenters. The Labute approximate surface area is 169 Å². The van der Waals surface area contributed by atoms with E-state index in [1.54, 1.807) is 24.3 Å². The van der Waals surface area contributed by atoms with Gasteiger partial charge in [0, 0.05) is 5.92 Å². The summed E-state index contributed by atoms with van der Waals surface area (Å²) in [5.41, 5.74) is 1.35. The van der Waals surface area contributed by atoms with Crippen molar-refractivity contribution in [2.75, 3.05) is 7.11 Å². The minimum Gasteiger partial charge on any atom is -0.468 e. The van der Waals surface area contributed by atoms with E-state index in [4.69, 9.17) is 4.74 Å². The number of amides is 1. The number of benzene rings is 2. The number of hydrogen-bond acceptors (Lipinski definition) is 5. The van der Waals surface area contributed by atoms with Crippen molar-refractivity contribution >= 4 is 11.9 Å². The van der Waals surface area contributed by atoms with E-state index in [0.29, 0.717) is 11.1 Å². The number of ether oxygens (including phenoxy) is 1. The highest BCUT2D eigenvalue weighted by Crippen LogP contribution is 2.52. The molecule has 29 heavy (non-hydrogen) atoms. The minimum atomic E-state index is -1.70. The Bertz CT molecular complexity index is 1030. The minimum absolute atomic E-state index is 0.559. The van der Waals surface area contributed by atoms with E-state index in [2.05, 4.69) is 17.5 Å². The number of nitrogens with zero attached hydrogens (tertiary/aromatic N) is 2. The zero-order valence-corrected chi connectivity index (χ0v) is 16.5. The van der Waals surface area contributed by atoms with Gasteiger partial charge in [-0.3, -0.25) is 9.59 Å².